The maximum Gasteiger partial charge on any atom is 0.247 e. The predicted octanol–water partition coefficient (Wildman–Crippen LogP) is 4.16. The van der Waals surface area contributed by atoms with Crippen LogP contribution >= 0.6 is 0 Å². The molecule has 1 fully saturated rings. The molecule has 27 heavy (non-hydrogen) atoms. The molecule has 1 atom stereocenters. The quantitative estimate of drug-likeness (QED) is 0.715. The molecule has 1 amide bonds. The molecule has 3 rings (SSSR count). The monoisotopic (exact) mass is 370 g/mol. The number of amides is 1. The summed E-state index contributed by atoms with van der Waals surface area (Å²) in [7, 11) is 1.61. The fourth-order valence-electron chi connectivity index (χ4n) is 3.27. The van der Waals surface area contributed by atoms with E-state index >= 15 is 0 Å². The van der Waals surface area contributed by atoms with E-state index in [0.29, 0.717) is 11.5 Å². The molecular weight excluding hydrogens is 344 g/mol. The van der Waals surface area contributed by atoms with Crippen LogP contribution in [0.3, 0.4) is 0 Å². The highest BCUT2D eigenvalue weighted by atomic mass is 16.5. The third-order valence-electron chi connectivity index (χ3n) is 4.48. The Hall–Kier alpha value is -2.76. The number of likely N-dealkylation sites (tertiary alicyclic amines) is 1. The van der Waals surface area contributed by atoms with Crippen LogP contribution in [0.2, 0.25) is 0 Å². The summed E-state index contributed by atoms with van der Waals surface area (Å²) in [6, 6.07) is 7.49. The molecule has 6 heteroatoms. The van der Waals surface area contributed by atoms with Crippen LogP contribution in [0.15, 0.2) is 34.9 Å². The maximum atomic E-state index is 12.7. The van der Waals surface area contributed by atoms with Crippen LogP contribution in [0.25, 0.3) is 6.08 Å². The first kappa shape index (κ1) is 19.0. The third-order valence-corrected chi connectivity index (χ3v) is 4.48. The van der Waals surface area contributed by atoms with Crippen molar-refractivity contribution in [3.63, 3.8) is 0 Å². The molecule has 0 spiro atoms. The highest BCUT2D eigenvalue weighted by molar-refractivity contribution is 5.92. The lowest BCUT2D eigenvalue weighted by atomic mass is 10.1. The van der Waals surface area contributed by atoms with Gasteiger partial charge in [0.05, 0.1) is 24.9 Å². The SMILES string of the molecule is COc1cc(C=CC(=O)N2CCCC2c2cc(C)no2)ccc1OC(C)C. The number of aryl methyl sites for hydroxylation is 1. The van der Waals surface area contributed by atoms with Crippen LogP contribution in [0.5, 0.6) is 11.5 Å². The molecule has 0 saturated carbocycles. The number of nitrogens with zero attached hydrogens (tertiary/aromatic N) is 2. The molecule has 0 aliphatic carbocycles. The number of ether oxygens (including phenoxy) is 2. The number of methoxy groups -OCH3 is 1. The predicted molar refractivity (Wildman–Crippen MR) is 103 cm³/mol. The Morgan fingerprint density at radius 3 is 2.81 bits per heavy atom. The number of carbonyl (C=O) groups is 1. The van der Waals surface area contributed by atoms with Gasteiger partial charge >= 0.3 is 0 Å². The zero-order valence-electron chi connectivity index (χ0n) is 16.3. The zero-order chi connectivity index (χ0) is 19.4. The maximum absolute atomic E-state index is 12.7. The van der Waals surface area contributed by atoms with Crippen LogP contribution in [0.4, 0.5) is 0 Å². The minimum absolute atomic E-state index is 0.0342. The second-order valence-electron chi connectivity index (χ2n) is 6.97. The fraction of sp³-hybridized carbons (Fsp3) is 0.429. The van der Waals surface area contributed by atoms with Gasteiger partial charge in [0.2, 0.25) is 5.91 Å². The van der Waals surface area contributed by atoms with Crippen LogP contribution < -0.4 is 9.47 Å². The molecule has 144 valence electrons. The Labute approximate surface area is 159 Å². The average molecular weight is 370 g/mol. The van der Waals surface area contributed by atoms with E-state index in [1.807, 2.05) is 49.9 Å². The summed E-state index contributed by atoms with van der Waals surface area (Å²) in [5.41, 5.74) is 1.71. The topological polar surface area (TPSA) is 64.8 Å². The van der Waals surface area contributed by atoms with E-state index in [-0.39, 0.29) is 18.1 Å². The molecule has 0 radical (unpaired) electrons. The molecule has 2 heterocycles. The number of benzene rings is 1. The van der Waals surface area contributed by atoms with E-state index < -0.39 is 0 Å². The standard InChI is InChI=1S/C21H26N2O4/c1-14(2)26-18-9-7-16(13-20(18)25-4)8-10-21(24)23-11-5-6-17(23)19-12-15(3)22-27-19/h7-10,12-14,17H,5-6,11H2,1-4H3. The second-order valence-corrected chi connectivity index (χ2v) is 6.97. The van der Waals surface area contributed by atoms with Gasteiger partial charge in [-0.2, -0.15) is 0 Å². The Balaban J connectivity index is 1.72. The van der Waals surface area contributed by atoms with Crippen molar-refractivity contribution in [1.82, 2.24) is 10.1 Å². The summed E-state index contributed by atoms with van der Waals surface area (Å²) in [6.45, 7) is 6.54. The number of aromatic nitrogens is 1. The largest absolute Gasteiger partial charge is 0.493 e. The lowest BCUT2D eigenvalue weighted by Crippen LogP contribution is -2.28. The minimum atomic E-state index is -0.0419. The molecule has 6 nitrogen and oxygen atoms in total. The van der Waals surface area contributed by atoms with Gasteiger partial charge in [-0.1, -0.05) is 11.2 Å². The van der Waals surface area contributed by atoms with E-state index in [1.54, 1.807) is 19.3 Å². The summed E-state index contributed by atoms with van der Waals surface area (Å²) >= 11 is 0. The molecule has 1 aliphatic heterocycles. The summed E-state index contributed by atoms with van der Waals surface area (Å²) in [4.78, 5) is 14.5. The van der Waals surface area contributed by atoms with Crippen molar-refractivity contribution in [2.75, 3.05) is 13.7 Å². The van der Waals surface area contributed by atoms with Gasteiger partial charge in [-0.3, -0.25) is 4.79 Å². The van der Waals surface area contributed by atoms with Gasteiger partial charge in [-0.25, -0.2) is 0 Å². The van der Waals surface area contributed by atoms with Crippen molar-refractivity contribution < 1.29 is 18.8 Å². The summed E-state index contributed by atoms with van der Waals surface area (Å²) < 4.78 is 16.5. The molecule has 1 unspecified atom stereocenters. The van der Waals surface area contributed by atoms with Crippen molar-refractivity contribution in [3.05, 3.63) is 47.4 Å². The number of carbonyl (C=O) groups excluding carboxylic acids is 1. The van der Waals surface area contributed by atoms with Crippen molar-refractivity contribution in [1.29, 1.82) is 0 Å². The van der Waals surface area contributed by atoms with Gasteiger partial charge in [-0.15, -0.1) is 0 Å². The first-order valence-corrected chi connectivity index (χ1v) is 9.24. The lowest BCUT2D eigenvalue weighted by molar-refractivity contribution is -0.127. The Morgan fingerprint density at radius 2 is 2.15 bits per heavy atom. The molecule has 0 bridgehead atoms. The van der Waals surface area contributed by atoms with Crippen molar-refractivity contribution in [2.24, 2.45) is 0 Å². The molecule has 0 N–H and O–H groups in total. The molecule has 1 aromatic carbocycles. The van der Waals surface area contributed by atoms with Gasteiger partial charge < -0.3 is 18.9 Å². The van der Waals surface area contributed by atoms with E-state index in [4.69, 9.17) is 14.0 Å². The Bertz CT molecular complexity index is 825. The molecule has 1 saturated heterocycles. The number of hydrogen-bond acceptors (Lipinski definition) is 5. The van der Waals surface area contributed by atoms with Gasteiger partial charge in [0, 0.05) is 18.7 Å². The second kappa shape index (κ2) is 8.29. The van der Waals surface area contributed by atoms with Gasteiger partial charge in [-0.05, 0) is 57.4 Å². The van der Waals surface area contributed by atoms with Gasteiger partial charge in [0.15, 0.2) is 17.3 Å². The molecule has 1 aromatic heterocycles. The smallest absolute Gasteiger partial charge is 0.247 e. The summed E-state index contributed by atoms with van der Waals surface area (Å²) in [6.07, 6.45) is 5.31. The number of hydrogen-bond donors (Lipinski definition) is 0. The Morgan fingerprint density at radius 1 is 1.33 bits per heavy atom. The van der Waals surface area contributed by atoms with Crippen molar-refractivity contribution >= 4 is 12.0 Å². The van der Waals surface area contributed by atoms with E-state index in [0.717, 1.165) is 36.4 Å². The fourth-order valence-corrected chi connectivity index (χ4v) is 3.27. The van der Waals surface area contributed by atoms with E-state index in [9.17, 15) is 4.79 Å². The van der Waals surface area contributed by atoms with E-state index in [1.165, 1.54) is 0 Å². The zero-order valence-corrected chi connectivity index (χ0v) is 16.3. The molecular formula is C21H26N2O4. The summed E-state index contributed by atoms with van der Waals surface area (Å²) in [5, 5.41) is 3.94. The van der Waals surface area contributed by atoms with Crippen molar-refractivity contribution in [2.45, 2.75) is 45.8 Å². The van der Waals surface area contributed by atoms with Crippen LogP contribution in [-0.4, -0.2) is 35.7 Å². The Kier molecular flexibility index (Phi) is 5.84. The first-order chi connectivity index (χ1) is 13.0. The van der Waals surface area contributed by atoms with E-state index in [2.05, 4.69) is 5.16 Å². The number of rotatable bonds is 6. The highest BCUT2D eigenvalue weighted by Crippen LogP contribution is 2.33. The normalized spacial score (nSPS) is 17.1. The van der Waals surface area contributed by atoms with Crippen LogP contribution in [0, 0.1) is 6.92 Å². The molecule has 2 aromatic rings. The average Bonchev–Trinajstić information content (AvgIpc) is 3.28. The highest BCUT2D eigenvalue weighted by Gasteiger charge is 2.31. The van der Waals surface area contributed by atoms with Crippen LogP contribution in [0.1, 0.15) is 49.7 Å². The van der Waals surface area contributed by atoms with Gasteiger partial charge in [0.25, 0.3) is 0 Å². The van der Waals surface area contributed by atoms with Crippen molar-refractivity contribution in [3.8, 4) is 11.5 Å². The van der Waals surface area contributed by atoms with Crippen LogP contribution in [-0.2, 0) is 4.79 Å². The minimum Gasteiger partial charge on any atom is -0.493 e. The molecule has 1 aliphatic rings. The summed E-state index contributed by atoms with van der Waals surface area (Å²) in [5.74, 6) is 2.06. The third kappa shape index (κ3) is 4.51. The first-order valence-electron chi connectivity index (χ1n) is 9.24. The lowest BCUT2D eigenvalue weighted by Gasteiger charge is -2.21. The van der Waals surface area contributed by atoms with Gasteiger partial charge in [0.1, 0.15) is 0 Å².